The number of carboxylic acids is 1. The van der Waals surface area contributed by atoms with Crippen LogP contribution >= 0.6 is 0 Å². The lowest BCUT2D eigenvalue weighted by atomic mass is 9.89. The van der Waals surface area contributed by atoms with Gasteiger partial charge in [0.2, 0.25) is 0 Å². The molecule has 0 spiro atoms. The molecule has 1 saturated heterocycles. The molecular weight excluding hydrogens is 368 g/mol. The van der Waals surface area contributed by atoms with Crippen molar-refractivity contribution in [2.45, 2.75) is 18.8 Å². The van der Waals surface area contributed by atoms with Crippen LogP contribution in [0.25, 0.3) is 10.9 Å². The minimum absolute atomic E-state index is 0.0422. The fraction of sp³-hybridized carbons (Fsp3) is 0.261. The van der Waals surface area contributed by atoms with Crippen molar-refractivity contribution in [3.05, 3.63) is 71.9 Å². The first-order valence-corrected chi connectivity index (χ1v) is 9.69. The van der Waals surface area contributed by atoms with Gasteiger partial charge in [-0.05, 0) is 48.6 Å². The second-order valence-electron chi connectivity index (χ2n) is 7.20. The average Bonchev–Trinajstić information content (AvgIpc) is 2.77. The lowest BCUT2D eigenvalue weighted by molar-refractivity contribution is -0.139. The van der Waals surface area contributed by atoms with Crippen LogP contribution < -0.4 is 4.74 Å². The van der Waals surface area contributed by atoms with Crippen LogP contribution in [0.5, 0.6) is 5.75 Å². The summed E-state index contributed by atoms with van der Waals surface area (Å²) in [4.78, 5) is 30.0. The van der Waals surface area contributed by atoms with Crippen molar-refractivity contribution in [2.24, 2.45) is 0 Å². The Labute approximate surface area is 168 Å². The minimum Gasteiger partial charge on any atom is -0.482 e. The number of para-hydroxylation sites is 1. The second-order valence-corrected chi connectivity index (χ2v) is 7.20. The zero-order chi connectivity index (χ0) is 20.2. The maximum Gasteiger partial charge on any atom is 0.341 e. The molecule has 29 heavy (non-hydrogen) atoms. The van der Waals surface area contributed by atoms with Crippen LogP contribution in [0, 0.1) is 0 Å². The number of hydrogen-bond acceptors (Lipinski definition) is 4. The number of benzene rings is 2. The van der Waals surface area contributed by atoms with Crippen molar-refractivity contribution < 1.29 is 19.4 Å². The zero-order valence-electron chi connectivity index (χ0n) is 16.0. The number of likely N-dealkylation sites (tertiary alicyclic amines) is 1. The van der Waals surface area contributed by atoms with E-state index in [2.05, 4.69) is 4.98 Å². The van der Waals surface area contributed by atoms with Gasteiger partial charge in [-0.25, -0.2) is 4.79 Å². The van der Waals surface area contributed by atoms with Gasteiger partial charge in [0.05, 0.1) is 11.1 Å². The molecule has 6 heteroatoms. The molecule has 2 aromatic carbocycles. The maximum atomic E-state index is 13.1. The largest absolute Gasteiger partial charge is 0.482 e. The lowest BCUT2D eigenvalue weighted by Crippen LogP contribution is -2.38. The van der Waals surface area contributed by atoms with Gasteiger partial charge in [0.1, 0.15) is 5.75 Å². The number of aliphatic carboxylic acids is 1. The Hall–Kier alpha value is -3.41. The highest BCUT2D eigenvalue weighted by atomic mass is 16.5. The van der Waals surface area contributed by atoms with Crippen LogP contribution in [0.4, 0.5) is 0 Å². The highest BCUT2D eigenvalue weighted by Gasteiger charge is 2.25. The van der Waals surface area contributed by atoms with E-state index in [4.69, 9.17) is 9.84 Å². The minimum atomic E-state index is -0.995. The Kier molecular flexibility index (Phi) is 5.42. The molecule has 1 aromatic heterocycles. The number of carboxylic acid groups (broad SMARTS) is 1. The molecule has 0 atom stereocenters. The molecule has 0 unspecified atom stereocenters. The van der Waals surface area contributed by atoms with Gasteiger partial charge in [-0.2, -0.15) is 0 Å². The first-order chi connectivity index (χ1) is 14.1. The Morgan fingerprint density at radius 3 is 2.66 bits per heavy atom. The molecular formula is C23H22N2O4. The third kappa shape index (κ3) is 4.21. The van der Waals surface area contributed by atoms with Gasteiger partial charge in [0.15, 0.2) is 6.61 Å². The van der Waals surface area contributed by atoms with Gasteiger partial charge < -0.3 is 14.7 Å². The summed E-state index contributed by atoms with van der Waals surface area (Å²) in [7, 11) is 0. The maximum absolute atomic E-state index is 13.1. The van der Waals surface area contributed by atoms with Gasteiger partial charge in [0.25, 0.3) is 5.91 Å². The van der Waals surface area contributed by atoms with Crippen LogP contribution in [-0.4, -0.2) is 46.6 Å². The van der Waals surface area contributed by atoms with Crippen molar-refractivity contribution in [3.63, 3.8) is 0 Å². The summed E-state index contributed by atoms with van der Waals surface area (Å²) in [5.74, 6) is -0.0697. The number of hydrogen-bond donors (Lipinski definition) is 1. The van der Waals surface area contributed by atoms with E-state index in [-0.39, 0.29) is 12.5 Å². The summed E-state index contributed by atoms with van der Waals surface area (Å²) >= 11 is 0. The fourth-order valence-electron chi connectivity index (χ4n) is 3.87. The molecule has 2 heterocycles. The zero-order valence-corrected chi connectivity index (χ0v) is 16.0. The molecule has 0 radical (unpaired) electrons. The number of rotatable bonds is 5. The van der Waals surface area contributed by atoms with Gasteiger partial charge in [0, 0.05) is 24.7 Å². The topological polar surface area (TPSA) is 79.7 Å². The number of carbonyl (C=O) groups is 2. The van der Waals surface area contributed by atoms with Crippen LogP contribution in [0.3, 0.4) is 0 Å². The van der Waals surface area contributed by atoms with Crippen molar-refractivity contribution in [1.82, 2.24) is 9.88 Å². The van der Waals surface area contributed by atoms with Crippen LogP contribution in [0.1, 0.15) is 34.7 Å². The molecule has 0 aliphatic carbocycles. The predicted octanol–water partition coefficient (Wildman–Crippen LogP) is 3.72. The molecule has 4 rings (SSSR count). The quantitative estimate of drug-likeness (QED) is 0.718. The summed E-state index contributed by atoms with van der Waals surface area (Å²) in [6, 6.07) is 17.1. The number of aromatic nitrogens is 1. The molecule has 6 nitrogen and oxygen atoms in total. The van der Waals surface area contributed by atoms with E-state index in [1.54, 1.807) is 18.3 Å². The van der Waals surface area contributed by atoms with Crippen molar-refractivity contribution in [2.75, 3.05) is 19.7 Å². The monoisotopic (exact) mass is 390 g/mol. The fourth-order valence-corrected chi connectivity index (χ4v) is 3.87. The first-order valence-electron chi connectivity index (χ1n) is 9.69. The standard InChI is InChI=1S/C23H22N2O4/c26-22(27)15-29-18-5-3-4-17(14-18)16-9-12-25(13-10-16)23(28)20-8-11-24-21-7-2-1-6-19(20)21/h1-8,11,14,16H,9-10,12-13,15H2,(H,26,27). The van der Waals surface area contributed by atoms with E-state index >= 15 is 0 Å². The van der Waals surface area contributed by atoms with E-state index in [9.17, 15) is 9.59 Å². The van der Waals surface area contributed by atoms with Gasteiger partial charge in [-0.15, -0.1) is 0 Å². The number of ether oxygens (including phenoxy) is 1. The Balaban J connectivity index is 1.43. The van der Waals surface area contributed by atoms with E-state index in [1.165, 1.54) is 0 Å². The van der Waals surface area contributed by atoms with Crippen molar-refractivity contribution in [3.8, 4) is 5.75 Å². The second kappa shape index (κ2) is 8.31. The molecule has 1 amide bonds. The molecule has 148 valence electrons. The number of piperidine rings is 1. The average molecular weight is 390 g/mol. The van der Waals surface area contributed by atoms with Gasteiger partial charge >= 0.3 is 5.97 Å². The van der Waals surface area contributed by atoms with Crippen molar-refractivity contribution >= 4 is 22.8 Å². The molecule has 1 fully saturated rings. The number of pyridine rings is 1. The molecule has 1 N–H and O–H groups in total. The summed E-state index contributed by atoms with van der Waals surface area (Å²) in [6.07, 6.45) is 3.40. The third-order valence-electron chi connectivity index (χ3n) is 5.35. The Bertz CT molecular complexity index is 1040. The molecule has 1 aliphatic rings. The Morgan fingerprint density at radius 2 is 1.86 bits per heavy atom. The van der Waals surface area contributed by atoms with Gasteiger partial charge in [-0.1, -0.05) is 30.3 Å². The SMILES string of the molecule is O=C(O)COc1cccc(C2CCN(C(=O)c3ccnc4ccccc34)CC2)c1. The van der Waals surface area contributed by atoms with Gasteiger partial charge in [-0.3, -0.25) is 9.78 Å². The highest BCUT2D eigenvalue weighted by Crippen LogP contribution is 2.31. The van der Waals surface area contributed by atoms with E-state index in [1.807, 2.05) is 47.4 Å². The summed E-state index contributed by atoms with van der Waals surface area (Å²) in [5.41, 5.74) is 2.64. The first kappa shape index (κ1) is 18.9. The normalized spacial score (nSPS) is 14.7. The Morgan fingerprint density at radius 1 is 1.07 bits per heavy atom. The highest BCUT2D eigenvalue weighted by molar-refractivity contribution is 6.06. The lowest BCUT2D eigenvalue weighted by Gasteiger charge is -2.32. The van der Waals surface area contributed by atoms with E-state index in [0.29, 0.717) is 30.3 Å². The van der Waals surface area contributed by atoms with Crippen molar-refractivity contribution in [1.29, 1.82) is 0 Å². The van der Waals surface area contributed by atoms with Crippen LogP contribution in [-0.2, 0) is 4.79 Å². The molecule has 0 saturated carbocycles. The number of amides is 1. The molecule has 0 bridgehead atoms. The summed E-state index contributed by atoms with van der Waals surface area (Å²) in [5, 5.41) is 9.65. The molecule has 3 aromatic rings. The summed E-state index contributed by atoms with van der Waals surface area (Å²) < 4.78 is 5.29. The van der Waals surface area contributed by atoms with Crippen LogP contribution in [0.2, 0.25) is 0 Å². The number of carbonyl (C=O) groups excluding carboxylic acids is 1. The third-order valence-corrected chi connectivity index (χ3v) is 5.35. The number of fused-ring (bicyclic) bond motifs is 1. The van der Waals surface area contributed by atoms with E-state index < -0.39 is 5.97 Å². The van der Waals surface area contributed by atoms with E-state index in [0.717, 1.165) is 29.3 Å². The molecule has 1 aliphatic heterocycles. The smallest absolute Gasteiger partial charge is 0.341 e. The number of nitrogens with zero attached hydrogens (tertiary/aromatic N) is 2. The predicted molar refractivity (Wildman–Crippen MR) is 109 cm³/mol. The summed E-state index contributed by atoms with van der Waals surface area (Å²) in [6.45, 7) is 1.01. The van der Waals surface area contributed by atoms with Crippen LogP contribution in [0.15, 0.2) is 60.8 Å².